The lowest BCUT2D eigenvalue weighted by Crippen LogP contribution is -2.11. The first-order chi connectivity index (χ1) is 11.7. The van der Waals surface area contributed by atoms with Crippen LogP contribution in [-0.2, 0) is 4.79 Å². The van der Waals surface area contributed by atoms with Crippen LogP contribution >= 0.6 is 0 Å². The Morgan fingerprint density at radius 3 is 2.71 bits per heavy atom. The number of aromatic amines is 1. The molecule has 24 heavy (non-hydrogen) atoms. The summed E-state index contributed by atoms with van der Waals surface area (Å²) in [6.07, 6.45) is 2.37. The fourth-order valence-electron chi connectivity index (χ4n) is 2.64. The minimum atomic E-state index is -0.210. The van der Waals surface area contributed by atoms with E-state index in [1.807, 2.05) is 42.5 Å². The largest absolute Gasteiger partial charge is 0.326 e. The van der Waals surface area contributed by atoms with E-state index >= 15 is 0 Å². The zero-order chi connectivity index (χ0) is 16.9. The summed E-state index contributed by atoms with van der Waals surface area (Å²) in [4.78, 5) is 23.8. The number of H-pyrrole nitrogens is 1. The van der Waals surface area contributed by atoms with E-state index in [0.717, 1.165) is 29.5 Å². The maximum absolute atomic E-state index is 11.9. The molecule has 1 heterocycles. The molecule has 3 aromatic rings. The molecule has 0 atom stereocenters. The Kier molecular flexibility index (Phi) is 4.70. The predicted octanol–water partition coefficient (Wildman–Crippen LogP) is 3.72. The molecular formula is C19H19N3O2. The van der Waals surface area contributed by atoms with Gasteiger partial charge in [0.15, 0.2) is 0 Å². The van der Waals surface area contributed by atoms with Gasteiger partial charge in [0.05, 0.1) is 11.1 Å². The second-order valence-corrected chi connectivity index (χ2v) is 5.68. The summed E-state index contributed by atoms with van der Waals surface area (Å²) >= 11 is 0. The highest BCUT2D eigenvalue weighted by molar-refractivity contribution is 5.95. The van der Waals surface area contributed by atoms with E-state index < -0.39 is 0 Å². The molecule has 0 spiro atoms. The topological polar surface area (TPSA) is 74.8 Å². The smallest absolute Gasteiger partial charge is 0.272 e. The van der Waals surface area contributed by atoms with Crippen molar-refractivity contribution >= 4 is 22.4 Å². The Morgan fingerprint density at radius 1 is 1.12 bits per heavy atom. The maximum Gasteiger partial charge on any atom is 0.272 e. The number of nitrogens with one attached hydrogen (secondary N) is 2. The first-order valence-corrected chi connectivity index (χ1v) is 8.06. The van der Waals surface area contributed by atoms with Gasteiger partial charge in [0.25, 0.3) is 5.56 Å². The summed E-state index contributed by atoms with van der Waals surface area (Å²) in [5.41, 5.74) is 2.05. The second kappa shape index (κ2) is 7.08. The molecule has 1 amide bonds. The monoisotopic (exact) mass is 321 g/mol. The molecule has 5 nitrogen and oxygen atoms in total. The lowest BCUT2D eigenvalue weighted by Gasteiger charge is -2.08. The number of unbranched alkanes of at least 4 members (excludes halogenated alkanes) is 1. The van der Waals surface area contributed by atoms with Crippen LogP contribution in [0.5, 0.6) is 0 Å². The van der Waals surface area contributed by atoms with Crippen molar-refractivity contribution in [3.63, 3.8) is 0 Å². The first kappa shape index (κ1) is 15.9. The number of benzene rings is 2. The molecule has 0 unspecified atom stereocenters. The van der Waals surface area contributed by atoms with Gasteiger partial charge in [-0.1, -0.05) is 43.7 Å². The Hall–Kier alpha value is -2.95. The molecule has 3 rings (SSSR count). The van der Waals surface area contributed by atoms with Crippen LogP contribution < -0.4 is 10.9 Å². The summed E-state index contributed by atoms with van der Waals surface area (Å²) in [5, 5.41) is 11.0. The van der Waals surface area contributed by atoms with E-state index in [4.69, 9.17) is 0 Å². The molecule has 1 aromatic heterocycles. The van der Waals surface area contributed by atoms with Crippen molar-refractivity contribution in [1.82, 2.24) is 10.2 Å². The summed E-state index contributed by atoms with van der Waals surface area (Å²) in [7, 11) is 0. The van der Waals surface area contributed by atoms with Gasteiger partial charge in [0.1, 0.15) is 0 Å². The van der Waals surface area contributed by atoms with Gasteiger partial charge in [-0.15, -0.1) is 0 Å². The fourth-order valence-corrected chi connectivity index (χ4v) is 2.64. The van der Waals surface area contributed by atoms with Crippen LogP contribution in [0.3, 0.4) is 0 Å². The van der Waals surface area contributed by atoms with Crippen LogP contribution in [0.1, 0.15) is 26.2 Å². The Bertz CT molecular complexity index is 931. The second-order valence-electron chi connectivity index (χ2n) is 5.68. The number of aromatic nitrogens is 2. The molecule has 0 saturated carbocycles. The van der Waals surface area contributed by atoms with E-state index in [1.165, 1.54) is 0 Å². The van der Waals surface area contributed by atoms with Crippen LogP contribution in [-0.4, -0.2) is 16.1 Å². The van der Waals surface area contributed by atoms with Gasteiger partial charge in [0, 0.05) is 23.1 Å². The number of rotatable bonds is 5. The van der Waals surface area contributed by atoms with Crippen molar-refractivity contribution in [3.05, 3.63) is 58.9 Å². The van der Waals surface area contributed by atoms with Crippen molar-refractivity contribution in [2.24, 2.45) is 0 Å². The van der Waals surface area contributed by atoms with Crippen molar-refractivity contribution in [3.8, 4) is 11.3 Å². The average molecular weight is 321 g/mol. The lowest BCUT2D eigenvalue weighted by molar-refractivity contribution is -0.116. The summed E-state index contributed by atoms with van der Waals surface area (Å²) < 4.78 is 0. The molecule has 122 valence electrons. The first-order valence-electron chi connectivity index (χ1n) is 8.06. The van der Waals surface area contributed by atoms with Gasteiger partial charge in [-0.2, -0.15) is 5.10 Å². The van der Waals surface area contributed by atoms with Gasteiger partial charge in [-0.05, 0) is 24.6 Å². The number of hydrogen-bond donors (Lipinski definition) is 2. The van der Waals surface area contributed by atoms with Gasteiger partial charge in [-0.3, -0.25) is 9.59 Å². The van der Waals surface area contributed by atoms with E-state index in [9.17, 15) is 9.59 Å². The Balaban J connectivity index is 1.96. The minimum Gasteiger partial charge on any atom is -0.326 e. The van der Waals surface area contributed by atoms with Crippen molar-refractivity contribution in [1.29, 1.82) is 0 Å². The van der Waals surface area contributed by atoms with Gasteiger partial charge >= 0.3 is 0 Å². The van der Waals surface area contributed by atoms with Crippen LogP contribution in [0, 0.1) is 0 Å². The standard InChI is InChI=1S/C19H19N3O2/c1-2-3-11-17(23)20-14-8-6-7-13(12-14)18-15-9-4-5-10-16(15)19(24)22-21-18/h4-10,12H,2-3,11H2,1H3,(H,20,23)(H,22,24). The summed E-state index contributed by atoms with van der Waals surface area (Å²) in [6.45, 7) is 2.06. The number of fused-ring (bicyclic) bond motifs is 1. The quantitative estimate of drug-likeness (QED) is 0.752. The molecule has 2 aromatic carbocycles. The third-order valence-corrected chi connectivity index (χ3v) is 3.87. The average Bonchev–Trinajstić information content (AvgIpc) is 2.61. The third kappa shape index (κ3) is 3.35. The summed E-state index contributed by atoms with van der Waals surface area (Å²) in [6, 6.07) is 14.9. The van der Waals surface area contributed by atoms with Crippen LogP contribution in [0.4, 0.5) is 5.69 Å². The van der Waals surface area contributed by atoms with Crippen molar-refractivity contribution in [2.45, 2.75) is 26.2 Å². The van der Waals surface area contributed by atoms with Crippen molar-refractivity contribution < 1.29 is 4.79 Å². The molecule has 0 aliphatic carbocycles. The lowest BCUT2D eigenvalue weighted by atomic mass is 10.0. The van der Waals surface area contributed by atoms with Crippen LogP contribution in [0.25, 0.3) is 22.0 Å². The minimum absolute atomic E-state index is 0.00767. The van der Waals surface area contributed by atoms with E-state index in [2.05, 4.69) is 22.4 Å². The highest BCUT2D eigenvalue weighted by atomic mass is 16.1. The third-order valence-electron chi connectivity index (χ3n) is 3.87. The molecule has 0 saturated heterocycles. The highest BCUT2D eigenvalue weighted by Gasteiger charge is 2.09. The zero-order valence-corrected chi connectivity index (χ0v) is 13.5. The number of anilines is 1. The van der Waals surface area contributed by atoms with E-state index in [1.54, 1.807) is 6.07 Å². The van der Waals surface area contributed by atoms with Gasteiger partial charge in [0.2, 0.25) is 5.91 Å². The SMILES string of the molecule is CCCCC(=O)Nc1cccc(-c2n[nH]c(=O)c3ccccc23)c1. The maximum atomic E-state index is 11.9. The van der Waals surface area contributed by atoms with E-state index in [-0.39, 0.29) is 11.5 Å². The van der Waals surface area contributed by atoms with Crippen molar-refractivity contribution in [2.75, 3.05) is 5.32 Å². The Morgan fingerprint density at radius 2 is 1.92 bits per heavy atom. The number of nitrogens with zero attached hydrogens (tertiary/aromatic N) is 1. The summed E-state index contributed by atoms with van der Waals surface area (Å²) in [5.74, 6) is 0.00767. The highest BCUT2D eigenvalue weighted by Crippen LogP contribution is 2.26. The molecule has 5 heteroatoms. The normalized spacial score (nSPS) is 10.7. The van der Waals surface area contributed by atoms with Gasteiger partial charge < -0.3 is 5.32 Å². The molecular weight excluding hydrogens is 302 g/mol. The molecule has 0 aliphatic heterocycles. The number of carbonyl (C=O) groups is 1. The van der Waals surface area contributed by atoms with E-state index in [0.29, 0.717) is 17.5 Å². The van der Waals surface area contributed by atoms with Crippen LogP contribution in [0.2, 0.25) is 0 Å². The Labute approximate surface area is 139 Å². The van der Waals surface area contributed by atoms with Crippen LogP contribution in [0.15, 0.2) is 53.3 Å². The molecule has 0 bridgehead atoms. The molecule has 2 N–H and O–H groups in total. The fraction of sp³-hybridized carbons (Fsp3) is 0.211. The predicted molar refractivity (Wildman–Crippen MR) is 96.0 cm³/mol. The number of amides is 1. The number of hydrogen-bond acceptors (Lipinski definition) is 3. The molecule has 0 aliphatic rings. The molecule has 0 radical (unpaired) electrons. The van der Waals surface area contributed by atoms with Gasteiger partial charge in [-0.25, -0.2) is 5.10 Å². The number of carbonyl (C=O) groups excluding carboxylic acids is 1. The zero-order valence-electron chi connectivity index (χ0n) is 13.5. The molecule has 0 fully saturated rings.